The van der Waals surface area contributed by atoms with E-state index in [4.69, 9.17) is 0 Å². The lowest BCUT2D eigenvalue weighted by molar-refractivity contribution is 0.0600. The van der Waals surface area contributed by atoms with Crippen LogP contribution in [0.15, 0.2) is 48.7 Å². The van der Waals surface area contributed by atoms with Gasteiger partial charge >= 0.3 is 5.97 Å². The van der Waals surface area contributed by atoms with E-state index < -0.39 is 5.97 Å². The molecule has 2 aromatic heterocycles. The molecule has 0 atom stereocenters. The molecule has 0 aliphatic carbocycles. The van der Waals surface area contributed by atoms with Crippen molar-refractivity contribution in [2.75, 3.05) is 12.4 Å². The maximum absolute atomic E-state index is 11.4. The first-order valence-corrected chi connectivity index (χ1v) is 6.85. The molecule has 0 unspecified atom stereocenters. The van der Waals surface area contributed by atoms with Gasteiger partial charge in [-0.15, -0.1) is 0 Å². The largest absolute Gasteiger partial charge is 0.465 e. The number of hydrogen-bond acceptors (Lipinski definition) is 5. The van der Waals surface area contributed by atoms with Crippen LogP contribution in [0.2, 0.25) is 0 Å². The second kappa shape index (κ2) is 5.81. The summed E-state index contributed by atoms with van der Waals surface area (Å²) < 4.78 is 4.65. The van der Waals surface area contributed by atoms with Gasteiger partial charge in [-0.2, -0.15) is 0 Å². The number of anilines is 2. The lowest BCUT2D eigenvalue weighted by atomic mass is 10.1. The third-order valence-corrected chi connectivity index (χ3v) is 3.35. The quantitative estimate of drug-likeness (QED) is 0.749. The molecule has 0 bridgehead atoms. The van der Waals surface area contributed by atoms with Gasteiger partial charge in [0.2, 0.25) is 0 Å². The van der Waals surface area contributed by atoms with E-state index in [1.54, 1.807) is 12.1 Å². The van der Waals surface area contributed by atoms with Crippen molar-refractivity contribution in [3.8, 4) is 0 Å². The first kappa shape index (κ1) is 14.0. The minimum Gasteiger partial charge on any atom is -0.465 e. The summed E-state index contributed by atoms with van der Waals surface area (Å²) in [6, 6.07) is 13.4. The Balaban J connectivity index is 1.89. The van der Waals surface area contributed by atoms with Crippen LogP contribution in [0.3, 0.4) is 0 Å². The van der Waals surface area contributed by atoms with Gasteiger partial charge in [0.05, 0.1) is 18.2 Å². The number of esters is 1. The number of aromatic nitrogens is 2. The van der Waals surface area contributed by atoms with E-state index in [9.17, 15) is 4.79 Å². The Morgan fingerprint density at radius 1 is 1.18 bits per heavy atom. The van der Waals surface area contributed by atoms with E-state index in [1.807, 2.05) is 31.2 Å². The van der Waals surface area contributed by atoms with Crippen LogP contribution in [0.4, 0.5) is 11.6 Å². The van der Waals surface area contributed by atoms with Gasteiger partial charge in [0.1, 0.15) is 11.6 Å². The second-order valence-corrected chi connectivity index (χ2v) is 4.90. The van der Waals surface area contributed by atoms with Crippen LogP contribution in [0, 0.1) is 6.92 Å². The van der Waals surface area contributed by atoms with E-state index in [1.165, 1.54) is 13.3 Å². The highest BCUT2D eigenvalue weighted by Crippen LogP contribution is 2.22. The van der Waals surface area contributed by atoms with E-state index in [-0.39, 0.29) is 0 Å². The molecule has 3 rings (SSSR count). The molecular weight excluding hydrogens is 278 g/mol. The summed E-state index contributed by atoms with van der Waals surface area (Å²) in [7, 11) is 1.34. The van der Waals surface area contributed by atoms with Crippen molar-refractivity contribution in [2.24, 2.45) is 0 Å². The molecule has 110 valence electrons. The zero-order chi connectivity index (χ0) is 15.5. The first-order valence-electron chi connectivity index (χ1n) is 6.85. The molecule has 0 aliphatic heterocycles. The Labute approximate surface area is 128 Å². The number of fused-ring (bicyclic) bond motifs is 1. The Kier molecular flexibility index (Phi) is 3.70. The van der Waals surface area contributed by atoms with Crippen molar-refractivity contribution in [3.63, 3.8) is 0 Å². The highest BCUT2D eigenvalue weighted by atomic mass is 16.5. The number of methoxy groups -OCH3 is 1. The number of ether oxygens (including phenoxy) is 1. The van der Waals surface area contributed by atoms with Gasteiger partial charge in [0.15, 0.2) is 0 Å². The van der Waals surface area contributed by atoms with Crippen molar-refractivity contribution in [1.29, 1.82) is 0 Å². The number of carbonyl (C=O) groups is 1. The Morgan fingerprint density at radius 2 is 2.00 bits per heavy atom. The molecule has 0 amide bonds. The summed E-state index contributed by atoms with van der Waals surface area (Å²) >= 11 is 0. The van der Waals surface area contributed by atoms with Gasteiger partial charge in [-0.1, -0.05) is 18.2 Å². The zero-order valence-corrected chi connectivity index (χ0v) is 12.3. The minimum atomic E-state index is -0.404. The molecule has 3 aromatic rings. The summed E-state index contributed by atoms with van der Waals surface area (Å²) in [5.41, 5.74) is 2.36. The average Bonchev–Trinajstić information content (AvgIpc) is 2.55. The summed E-state index contributed by atoms with van der Waals surface area (Å²) in [5, 5.41) is 4.27. The van der Waals surface area contributed by atoms with Crippen LogP contribution in [0.1, 0.15) is 15.9 Å². The van der Waals surface area contributed by atoms with Gasteiger partial charge in [0, 0.05) is 11.6 Å². The fourth-order valence-corrected chi connectivity index (χ4v) is 2.18. The number of para-hydroxylation sites is 1. The highest BCUT2D eigenvalue weighted by Gasteiger charge is 2.07. The van der Waals surface area contributed by atoms with Crippen LogP contribution in [0.5, 0.6) is 0 Å². The molecule has 1 N–H and O–H groups in total. The van der Waals surface area contributed by atoms with Gasteiger partial charge in [0.25, 0.3) is 0 Å². The minimum absolute atomic E-state index is 0.404. The Morgan fingerprint density at radius 3 is 2.73 bits per heavy atom. The maximum Gasteiger partial charge on any atom is 0.339 e. The van der Waals surface area contributed by atoms with Crippen molar-refractivity contribution < 1.29 is 9.53 Å². The third kappa shape index (κ3) is 2.74. The summed E-state index contributed by atoms with van der Waals surface area (Å²) in [6.07, 6.45) is 1.48. The molecule has 0 saturated carbocycles. The molecule has 0 saturated heterocycles. The molecule has 1 aromatic carbocycles. The summed E-state index contributed by atoms with van der Waals surface area (Å²) in [4.78, 5) is 20.2. The van der Waals surface area contributed by atoms with Gasteiger partial charge in [-0.3, -0.25) is 0 Å². The number of nitrogens with one attached hydrogen (secondary N) is 1. The number of aryl methyl sites for hydroxylation is 1. The van der Waals surface area contributed by atoms with Crippen molar-refractivity contribution in [3.05, 3.63) is 59.8 Å². The number of nitrogens with zero attached hydrogens (tertiary/aromatic N) is 2. The fourth-order valence-electron chi connectivity index (χ4n) is 2.18. The molecule has 0 spiro atoms. The van der Waals surface area contributed by atoms with Gasteiger partial charge in [-0.25, -0.2) is 14.8 Å². The smallest absolute Gasteiger partial charge is 0.339 e. The molecule has 0 radical (unpaired) electrons. The number of benzene rings is 1. The standard InChI is InChI=1S/C17H15N3O2/c1-11-9-12-5-3-4-6-14(12)19-16(11)20-15-8-7-13(10-18-15)17(21)22-2/h3-10H,1-2H3,(H,18,19,20). The van der Waals surface area contributed by atoms with Crippen LogP contribution in [-0.4, -0.2) is 23.0 Å². The van der Waals surface area contributed by atoms with Gasteiger partial charge < -0.3 is 10.1 Å². The predicted octanol–water partition coefficient (Wildman–Crippen LogP) is 3.47. The van der Waals surface area contributed by atoms with Crippen LogP contribution in [0.25, 0.3) is 10.9 Å². The van der Waals surface area contributed by atoms with E-state index >= 15 is 0 Å². The monoisotopic (exact) mass is 293 g/mol. The topological polar surface area (TPSA) is 64.1 Å². The Hall–Kier alpha value is -2.95. The average molecular weight is 293 g/mol. The van der Waals surface area contributed by atoms with Crippen molar-refractivity contribution in [2.45, 2.75) is 6.92 Å². The lowest BCUT2D eigenvalue weighted by Crippen LogP contribution is -2.03. The zero-order valence-electron chi connectivity index (χ0n) is 12.3. The second-order valence-electron chi connectivity index (χ2n) is 4.90. The van der Waals surface area contributed by atoms with E-state index in [2.05, 4.69) is 26.1 Å². The summed E-state index contributed by atoms with van der Waals surface area (Å²) in [5.74, 6) is 0.967. The fraction of sp³-hybridized carbons (Fsp3) is 0.118. The third-order valence-electron chi connectivity index (χ3n) is 3.35. The molecule has 0 fully saturated rings. The van der Waals surface area contributed by atoms with Crippen LogP contribution >= 0.6 is 0 Å². The van der Waals surface area contributed by atoms with Crippen LogP contribution < -0.4 is 5.32 Å². The highest BCUT2D eigenvalue weighted by molar-refractivity contribution is 5.89. The number of carbonyl (C=O) groups excluding carboxylic acids is 1. The molecule has 5 heteroatoms. The number of rotatable bonds is 3. The van der Waals surface area contributed by atoms with E-state index in [0.29, 0.717) is 11.4 Å². The SMILES string of the molecule is COC(=O)c1ccc(Nc2nc3ccccc3cc2C)nc1. The molecular formula is C17H15N3O2. The predicted molar refractivity (Wildman–Crippen MR) is 85.3 cm³/mol. The molecule has 2 heterocycles. The van der Waals surface area contributed by atoms with Crippen LogP contribution in [-0.2, 0) is 4.74 Å². The van der Waals surface area contributed by atoms with Crippen molar-refractivity contribution >= 4 is 28.5 Å². The Bertz CT molecular complexity index is 829. The van der Waals surface area contributed by atoms with Gasteiger partial charge in [-0.05, 0) is 36.8 Å². The maximum atomic E-state index is 11.4. The van der Waals surface area contributed by atoms with E-state index in [0.717, 1.165) is 22.3 Å². The molecule has 0 aliphatic rings. The number of pyridine rings is 2. The lowest BCUT2D eigenvalue weighted by Gasteiger charge is -2.09. The molecule has 5 nitrogen and oxygen atoms in total. The molecule has 22 heavy (non-hydrogen) atoms. The summed E-state index contributed by atoms with van der Waals surface area (Å²) in [6.45, 7) is 1.99. The normalized spacial score (nSPS) is 10.5. The van der Waals surface area contributed by atoms with Crippen molar-refractivity contribution in [1.82, 2.24) is 9.97 Å². The number of hydrogen-bond donors (Lipinski definition) is 1. The first-order chi connectivity index (χ1) is 10.7.